The van der Waals surface area contributed by atoms with Crippen molar-refractivity contribution in [3.8, 4) is 0 Å². The Bertz CT molecular complexity index is 132. The van der Waals surface area contributed by atoms with E-state index in [1.807, 2.05) is 0 Å². The fourth-order valence-corrected chi connectivity index (χ4v) is 1.97. The van der Waals surface area contributed by atoms with Crippen LogP contribution in [0.4, 0.5) is 0 Å². The molecule has 1 fully saturated rings. The van der Waals surface area contributed by atoms with Gasteiger partial charge in [-0.25, -0.2) is 0 Å². The molecule has 3 nitrogen and oxygen atoms in total. The van der Waals surface area contributed by atoms with Gasteiger partial charge in [-0.05, 0) is 19.3 Å². The predicted molar refractivity (Wildman–Crippen MR) is 47.7 cm³/mol. The largest absolute Gasteiger partial charge is 0.395 e. The molecule has 1 aliphatic rings. The number of hydrogen-bond acceptors (Lipinski definition) is 3. The highest BCUT2D eigenvalue weighted by Gasteiger charge is 2.30. The first-order chi connectivity index (χ1) is 5.66. The van der Waals surface area contributed by atoms with Crippen molar-refractivity contribution in [2.45, 2.75) is 50.2 Å². The Kier molecular flexibility index (Phi) is 3.50. The molecule has 0 heterocycles. The summed E-state index contributed by atoms with van der Waals surface area (Å²) in [6.45, 7) is -0.0255. The molecule has 0 aromatic rings. The molecule has 0 aliphatic heterocycles. The second-order valence-electron chi connectivity index (χ2n) is 3.93. The van der Waals surface area contributed by atoms with Gasteiger partial charge in [0.15, 0.2) is 0 Å². The lowest BCUT2D eigenvalue weighted by Crippen LogP contribution is -2.40. The molecule has 1 rings (SSSR count). The number of rotatable bonds is 3. The van der Waals surface area contributed by atoms with Crippen LogP contribution in [0, 0.1) is 0 Å². The third-order valence-electron chi connectivity index (χ3n) is 2.66. The van der Waals surface area contributed by atoms with E-state index in [9.17, 15) is 5.11 Å². The van der Waals surface area contributed by atoms with Crippen molar-refractivity contribution in [1.29, 1.82) is 0 Å². The second-order valence-corrected chi connectivity index (χ2v) is 3.93. The van der Waals surface area contributed by atoms with E-state index < -0.39 is 5.60 Å². The zero-order valence-electron chi connectivity index (χ0n) is 7.50. The van der Waals surface area contributed by atoms with Crippen LogP contribution in [0.5, 0.6) is 0 Å². The first-order valence-electron chi connectivity index (χ1n) is 4.75. The molecule has 0 amide bonds. The van der Waals surface area contributed by atoms with E-state index in [1.54, 1.807) is 0 Å². The lowest BCUT2D eigenvalue weighted by atomic mass is 9.81. The van der Waals surface area contributed by atoms with E-state index >= 15 is 0 Å². The topological polar surface area (TPSA) is 66.5 Å². The molecule has 0 aromatic carbocycles. The van der Waals surface area contributed by atoms with Crippen molar-refractivity contribution >= 4 is 0 Å². The SMILES string of the molecule is NC(CO)CC1(O)CCCCC1. The van der Waals surface area contributed by atoms with Gasteiger partial charge in [0.05, 0.1) is 12.2 Å². The maximum atomic E-state index is 9.98. The molecular formula is C9H19NO2. The van der Waals surface area contributed by atoms with Crippen LogP contribution in [0.3, 0.4) is 0 Å². The van der Waals surface area contributed by atoms with Gasteiger partial charge in [0.1, 0.15) is 0 Å². The predicted octanol–water partition coefficient (Wildman–Crippen LogP) is 0.391. The Labute approximate surface area is 73.6 Å². The van der Waals surface area contributed by atoms with Crippen molar-refractivity contribution in [3.63, 3.8) is 0 Å². The summed E-state index contributed by atoms with van der Waals surface area (Å²) in [6, 6.07) is -0.256. The first-order valence-corrected chi connectivity index (χ1v) is 4.75. The number of aliphatic hydroxyl groups excluding tert-OH is 1. The van der Waals surface area contributed by atoms with Crippen LogP contribution in [0.1, 0.15) is 38.5 Å². The Hall–Kier alpha value is -0.120. The Morgan fingerprint density at radius 1 is 1.25 bits per heavy atom. The summed E-state index contributed by atoms with van der Waals surface area (Å²) < 4.78 is 0. The second kappa shape index (κ2) is 4.21. The lowest BCUT2D eigenvalue weighted by molar-refractivity contribution is -0.0135. The third kappa shape index (κ3) is 2.73. The molecule has 1 saturated carbocycles. The molecule has 1 unspecified atom stereocenters. The summed E-state index contributed by atoms with van der Waals surface area (Å²) in [6.07, 6.45) is 5.64. The number of aliphatic hydroxyl groups is 2. The Morgan fingerprint density at radius 3 is 2.33 bits per heavy atom. The molecule has 72 valence electrons. The van der Waals surface area contributed by atoms with Gasteiger partial charge in [0.2, 0.25) is 0 Å². The average Bonchev–Trinajstić information content (AvgIpc) is 2.05. The van der Waals surface area contributed by atoms with E-state index in [1.165, 1.54) is 6.42 Å². The molecule has 1 aliphatic carbocycles. The van der Waals surface area contributed by atoms with Gasteiger partial charge in [0, 0.05) is 6.04 Å². The van der Waals surface area contributed by atoms with Crippen molar-refractivity contribution in [1.82, 2.24) is 0 Å². The van der Waals surface area contributed by atoms with Gasteiger partial charge in [-0.2, -0.15) is 0 Å². The van der Waals surface area contributed by atoms with E-state index in [2.05, 4.69) is 0 Å². The highest BCUT2D eigenvalue weighted by Crippen LogP contribution is 2.31. The Balaban J connectivity index is 2.35. The van der Waals surface area contributed by atoms with Gasteiger partial charge < -0.3 is 15.9 Å². The zero-order valence-corrected chi connectivity index (χ0v) is 7.50. The molecule has 1 atom stereocenters. The molecule has 0 bridgehead atoms. The fraction of sp³-hybridized carbons (Fsp3) is 1.00. The third-order valence-corrected chi connectivity index (χ3v) is 2.66. The summed E-state index contributed by atoms with van der Waals surface area (Å²) in [5.41, 5.74) is 5.00. The quantitative estimate of drug-likeness (QED) is 0.578. The van der Waals surface area contributed by atoms with E-state index in [0.29, 0.717) is 6.42 Å². The monoisotopic (exact) mass is 173 g/mol. The van der Waals surface area contributed by atoms with Gasteiger partial charge in [-0.15, -0.1) is 0 Å². The summed E-state index contributed by atoms with van der Waals surface area (Å²) in [4.78, 5) is 0. The molecule has 0 saturated heterocycles. The van der Waals surface area contributed by atoms with Crippen molar-refractivity contribution < 1.29 is 10.2 Å². The van der Waals surface area contributed by atoms with Gasteiger partial charge in [0.25, 0.3) is 0 Å². The standard InChI is InChI=1S/C9H19NO2/c10-8(7-11)6-9(12)4-2-1-3-5-9/h8,11-12H,1-7,10H2. The maximum Gasteiger partial charge on any atom is 0.0663 e. The van der Waals surface area contributed by atoms with Crippen LogP contribution in [-0.4, -0.2) is 28.5 Å². The minimum Gasteiger partial charge on any atom is -0.395 e. The summed E-state index contributed by atoms with van der Waals surface area (Å²) >= 11 is 0. The molecule has 0 spiro atoms. The lowest BCUT2D eigenvalue weighted by Gasteiger charge is -2.33. The first kappa shape index (κ1) is 9.96. The van der Waals surface area contributed by atoms with E-state index in [0.717, 1.165) is 25.7 Å². The van der Waals surface area contributed by atoms with E-state index in [4.69, 9.17) is 10.8 Å². The smallest absolute Gasteiger partial charge is 0.0663 e. The van der Waals surface area contributed by atoms with Gasteiger partial charge >= 0.3 is 0 Å². The van der Waals surface area contributed by atoms with Gasteiger partial charge in [-0.3, -0.25) is 0 Å². The summed E-state index contributed by atoms with van der Waals surface area (Å²) in [5, 5.41) is 18.7. The molecule has 0 aromatic heterocycles. The van der Waals surface area contributed by atoms with Crippen LogP contribution >= 0.6 is 0 Å². The number of hydrogen-bond donors (Lipinski definition) is 3. The van der Waals surface area contributed by atoms with Crippen molar-refractivity contribution in [2.75, 3.05) is 6.61 Å². The maximum absolute atomic E-state index is 9.98. The fourth-order valence-electron chi connectivity index (χ4n) is 1.97. The highest BCUT2D eigenvalue weighted by molar-refractivity contribution is 4.85. The zero-order chi connectivity index (χ0) is 9.03. The van der Waals surface area contributed by atoms with Crippen molar-refractivity contribution in [2.24, 2.45) is 5.73 Å². The minimum atomic E-state index is -0.583. The van der Waals surface area contributed by atoms with E-state index in [-0.39, 0.29) is 12.6 Å². The minimum absolute atomic E-state index is 0.0255. The van der Waals surface area contributed by atoms with Crippen LogP contribution < -0.4 is 5.73 Å². The highest BCUT2D eigenvalue weighted by atomic mass is 16.3. The van der Waals surface area contributed by atoms with Crippen molar-refractivity contribution in [3.05, 3.63) is 0 Å². The molecular weight excluding hydrogens is 154 g/mol. The normalized spacial score (nSPS) is 25.2. The number of nitrogens with two attached hydrogens (primary N) is 1. The van der Waals surface area contributed by atoms with Crippen LogP contribution in [-0.2, 0) is 0 Å². The van der Waals surface area contributed by atoms with Crippen LogP contribution in [0.2, 0.25) is 0 Å². The molecule has 0 radical (unpaired) electrons. The van der Waals surface area contributed by atoms with Gasteiger partial charge in [-0.1, -0.05) is 19.3 Å². The summed E-state index contributed by atoms with van der Waals surface area (Å²) in [7, 11) is 0. The van der Waals surface area contributed by atoms with Crippen LogP contribution in [0.15, 0.2) is 0 Å². The Morgan fingerprint density at radius 2 is 1.83 bits per heavy atom. The molecule has 3 heteroatoms. The molecule has 4 N–H and O–H groups in total. The average molecular weight is 173 g/mol. The van der Waals surface area contributed by atoms with Crippen LogP contribution in [0.25, 0.3) is 0 Å². The summed E-state index contributed by atoms with van der Waals surface area (Å²) in [5.74, 6) is 0. The molecule has 12 heavy (non-hydrogen) atoms.